The molecular weight excluding hydrogens is 352 g/mol. The first kappa shape index (κ1) is 13.3. The number of anilines is 1. The number of aromatic nitrogens is 2. The fraction of sp³-hybridized carbons (Fsp3) is 0. The monoisotopic (exact) mass is 357 g/mol. The summed E-state index contributed by atoms with van der Waals surface area (Å²) in [7, 11) is 0. The van der Waals surface area contributed by atoms with E-state index in [0.29, 0.717) is 16.1 Å². The Morgan fingerprint density at radius 1 is 1.15 bits per heavy atom. The van der Waals surface area contributed by atoms with Gasteiger partial charge in [0, 0.05) is 11.1 Å². The number of rotatable bonds is 1. The van der Waals surface area contributed by atoms with E-state index in [1.54, 1.807) is 18.2 Å². The molecule has 7 heteroatoms. The van der Waals surface area contributed by atoms with Crippen molar-refractivity contribution in [2.75, 3.05) is 5.73 Å². The lowest BCUT2D eigenvalue weighted by atomic mass is 10.2. The third kappa shape index (κ3) is 2.05. The van der Waals surface area contributed by atoms with Crippen LogP contribution in [0.15, 0.2) is 34.8 Å². The summed E-state index contributed by atoms with van der Waals surface area (Å²) >= 11 is 8.86. The van der Waals surface area contributed by atoms with E-state index in [4.69, 9.17) is 17.3 Å². The number of nitrogens with zero attached hydrogens (tertiary/aromatic N) is 2. The number of hydrogen-bond acceptors (Lipinski definition) is 2. The Hall–Kier alpha value is -1.66. The lowest BCUT2D eigenvalue weighted by Gasteiger charge is -2.09. The quantitative estimate of drug-likeness (QED) is 0.659. The molecule has 20 heavy (non-hydrogen) atoms. The molecule has 1 heterocycles. The molecule has 0 saturated heterocycles. The molecule has 0 radical (unpaired) electrons. The number of benzene rings is 2. The second-order valence-electron chi connectivity index (χ2n) is 4.16. The predicted octanol–water partition coefficient (Wildman–Crippen LogP) is 4.30. The molecule has 0 unspecified atom stereocenters. The lowest BCUT2D eigenvalue weighted by molar-refractivity contribution is 0.589. The maximum atomic E-state index is 14.1. The fourth-order valence-electron chi connectivity index (χ4n) is 2.00. The fourth-order valence-corrected chi connectivity index (χ4v) is 2.49. The van der Waals surface area contributed by atoms with Gasteiger partial charge in [-0.2, -0.15) is 0 Å². The first-order valence-electron chi connectivity index (χ1n) is 5.56. The topological polar surface area (TPSA) is 43.8 Å². The van der Waals surface area contributed by atoms with Crippen LogP contribution in [0.5, 0.6) is 0 Å². The van der Waals surface area contributed by atoms with Crippen molar-refractivity contribution in [3.63, 3.8) is 0 Å². The molecule has 0 fully saturated rings. The van der Waals surface area contributed by atoms with Crippen molar-refractivity contribution in [2.45, 2.75) is 0 Å². The SMILES string of the molecule is Nc1nc2ccc(Cl)cc2n1-c1cc(F)c(Br)cc1F. The van der Waals surface area contributed by atoms with Gasteiger partial charge in [0.1, 0.15) is 11.6 Å². The molecule has 0 aliphatic rings. The van der Waals surface area contributed by atoms with Gasteiger partial charge in [0.05, 0.1) is 21.2 Å². The van der Waals surface area contributed by atoms with Crippen molar-refractivity contribution in [1.82, 2.24) is 9.55 Å². The molecule has 1 aromatic heterocycles. The molecule has 3 aromatic rings. The average molecular weight is 359 g/mol. The Morgan fingerprint density at radius 3 is 2.65 bits per heavy atom. The molecular formula is C13H7BrClF2N3. The first-order chi connectivity index (χ1) is 9.47. The smallest absolute Gasteiger partial charge is 0.206 e. The molecule has 0 aliphatic heterocycles. The van der Waals surface area contributed by atoms with Crippen LogP contribution in [0.1, 0.15) is 0 Å². The molecule has 2 aromatic carbocycles. The van der Waals surface area contributed by atoms with E-state index in [1.165, 1.54) is 4.57 Å². The van der Waals surface area contributed by atoms with E-state index in [2.05, 4.69) is 20.9 Å². The van der Waals surface area contributed by atoms with Gasteiger partial charge >= 0.3 is 0 Å². The van der Waals surface area contributed by atoms with Gasteiger partial charge < -0.3 is 5.73 Å². The third-order valence-corrected chi connectivity index (χ3v) is 3.72. The van der Waals surface area contributed by atoms with E-state index in [0.717, 1.165) is 12.1 Å². The minimum absolute atomic E-state index is 0.0204. The minimum Gasteiger partial charge on any atom is -0.369 e. The minimum atomic E-state index is -0.621. The molecule has 0 atom stereocenters. The highest BCUT2D eigenvalue weighted by Gasteiger charge is 2.16. The van der Waals surface area contributed by atoms with Crippen molar-refractivity contribution in [1.29, 1.82) is 0 Å². The number of halogens is 4. The standard InChI is InChI=1S/C13H7BrClF2N3/c14-7-4-9(17)11(5-8(7)16)20-12-3-6(15)1-2-10(12)19-13(20)18/h1-5H,(H2,18,19). The van der Waals surface area contributed by atoms with Crippen LogP contribution in [0, 0.1) is 11.6 Å². The van der Waals surface area contributed by atoms with Crippen LogP contribution in [0.25, 0.3) is 16.7 Å². The molecule has 0 amide bonds. The summed E-state index contributed by atoms with van der Waals surface area (Å²) in [5.74, 6) is -1.16. The maximum Gasteiger partial charge on any atom is 0.206 e. The molecule has 0 spiro atoms. The Labute approximate surface area is 126 Å². The van der Waals surface area contributed by atoms with Crippen LogP contribution in [0.2, 0.25) is 5.02 Å². The number of hydrogen-bond donors (Lipinski definition) is 1. The number of fused-ring (bicyclic) bond motifs is 1. The summed E-state index contributed by atoms with van der Waals surface area (Å²) in [6.07, 6.45) is 0. The van der Waals surface area contributed by atoms with Gasteiger partial charge in [0.15, 0.2) is 0 Å². The zero-order valence-corrected chi connectivity index (χ0v) is 12.2. The summed E-state index contributed by atoms with van der Waals surface area (Å²) in [4.78, 5) is 4.11. The predicted molar refractivity (Wildman–Crippen MR) is 78.1 cm³/mol. The van der Waals surface area contributed by atoms with Crippen LogP contribution in [-0.4, -0.2) is 9.55 Å². The van der Waals surface area contributed by atoms with E-state index < -0.39 is 11.6 Å². The maximum absolute atomic E-state index is 14.1. The summed E-state index contributed by atoms with van der Waals surface area (Å²) < 4.78 is 29.1. The Bertz CT molecular complexity index is 832. The largest absolute Gasteiger partial charge is 0.369 e. The first-order valence-corrected chi connectivity index (χ1v) is 6.73. The van der Waals surface area contributed by atoms with E-state index in [9.17, 15) is 8.78 Å². The van der Waals surface area contributed by atoms with E-state index in [-0.39, 0.29) is 16.1 Å². The van der Waals surface area contributed by atoms with E-state index in [1.807, 2.05) is 0 Å². The molecule has 0 bridgehead atoms. The molecule has 102 valence electrons. The van der Waals surface area contributed by atoms with Crippen molar-refractivity contribution >= 4 is 44.5 Å². The van der Waals surface area contributed by atoms with Gasteiger partial charge in [-0.1, -0.05) is 11.6 Å². The van der Waals surface area contributed by atoms with Gasteiger partial charge in [-0.15, -0.1) is 0 Å². The molecule has 3 rings (SSSR count). The van der Waals surface area contributed by atoms with Crippen LogP contribution >= 0.6 is 27.5 Å². The van der Waals surface area contributed by atoms with Crippen LogP contribution < -0.4 is 5.73 Å². The number of imidazole rings is 1. The van der Waals surface area contributed by atoms with Crippen LogP contribution in [0.4, 0.5) is 14.7 Å². The van der Waals surface area contributed by atoms with Gasteiger partial charge in [0.2, 0.25) is 5.95 Å². The normalized spacial score (nSPS) is 11.2. The highest BCUT2D eigenvalue weighted by molar-refractivity contribution is 9.10. The zero-order valence-electron chi connectivity index (χ0n) is 9.87. The average Bonchev–Trinajstić information content (AvgIpc) is 2.69. The van der Waals surface area contributed by atoms with Gasteiger partial charge in [-0.25, -0.2) is 13.8 Å². The van der Waals surface area contributed by atoms with Crippen LogP contribution in [-0.2, 0) is 0 Å². The van der Waals surface area contributed by atoms with Crippen molar-refractivity contribution in [3.8, 4) is 5.69 Å². The summed E-state index contributed by atoms with van der Waals surface area (Å²) in [6.45, 7) is 0. The number of nitrogens with two attached hydrogens (primary N) is 1. The highest BCUT2D eigenvalue weighted by Crippen LogP contribution is 2.29. The molecule has 0 saturated carbocycles. The second-order valence-corrected chi connectivity index (χ2v) is 5.45. The molecule has 0 aliphatic carbocycles. The Morgan fingerprint density at radius 2 is 1.90 bits per heavy atom. The Balaban J connectivity index is 2.37. The summed E-state index contributed by atoms with van der Waals surface area (Å²) in [6, 6.07) is 7.01. The van der Waals surface area contributed by atoms with Crippen molar-refractivity contribution < 1.29 is 8.78 Å². The molecule has 2 N–H and O–H groups in total. The zero-order chi connectivity index (χ0) is 14.4. The van der Waals surface area contributed by atoms with Gasteiger partial charge in [0.25, 0.3) is 0 Å². The number of nitrogen functional groups attached to an aromatic ring is 1. The third-order valence-electron chi connectivity index (χ3n) is 2.87. The van der Waals surface area contributed by atoms with Gasteiger partial charge in [-0.05, 0) is 40.2 Å². The van der Waals surface area contributed by atoms with Gasteiger partial charge in [-0.3, -0.25) is 4.57 Å². The lowest BCUT2D eigenvalue weighted by Crippen LogP contribution is -2.04. The highest BCUT2D eigenvalue weighted by atomic mass is 79.9. The summed E-state index contributed by atoms with van der Waals surface area (Å²) in [5, 5.41) is 0.455. The van der Waals surface area contributed by atoms with E-state index >= 15 is 0 Å². The Kier molecular flexibility index (Phi) is 3.14. The second kappa shape index (κ2) is 4.71. The van der Waals surface area contributed by atoms with Crippen LogP contribution in [0.3, 0.4) is 0 Å². The summed E-state index contributed by atoms with van der Waals surface area (Å²) in [5.41, 5.74) is 6.84. The van der Waals surface area contributed by atoms with Crippen molar-refractivity contribution in [3.05, 3.63) is 51.5 Å². The molecule has 3 nitrogen and oxygen atoms in total. The van der Waals surface area contributed by atoms with Crippen molar-refractivity contribution in [2.24, 2.45) is 0 Å².